The van der Waals surface area contributed by atoms with Crippen LogP contribution in [0, 0.1) is 21.7 Å². The van der Waals surface area contributed by atoms with E-state index in [0.717, 1.165) is 36.4 Å². The minimum atomic E-state index is -4.54. The topological polar surface area (TPSA) is 118 Å². The molecule has 0 unspecified atom stereocenters. The Hall–Kier alpha value is -3.08. The van der Waals surface area contributed by atoms with Crippen LogP contribution in [-0.4, -0.2) is 31.0 Å². The van der Waals surface area contributed by atoms with E-state index in [9.17, 15) is 32.1 Å². The first kappa shape index (κ1) is 19.2. The van der Waals surface area contributed by atoms with Crippen LogP contribution in [0.1, 0.15) is 6.42 Å². The number of non-ortho nitro benzene ring substituents is 1. The number of hydrogen-bond acceptors (Lipinski definition) is 5. The highest BCUT2D eigenvalue weighted by Crippen LogP contribution is 2.28. The van der Waals surface area contributed by atoms with Crippen LogP contribution in [0.15, 0.2) is 47.4 Å². The molecule has 0 aliphatic heterocycles. The molecule has 8 nitrogen and oxygen atoms in total. The molecule has 2 rings (SSSR count). The lowest BCUT2D eigenvalue weighted by Crippen LogP contribution is -2.34. The van der Waals surface area contributed by atoms with Gasteiger partial charge in [-0.2, -0.15) is 0 Å². The Morgan fingerprint density at radius 3 is 2.46 bits per heavy atom. The molecule has 0 saturated heterocycles. The number of hydrogen-bond donors (Lipinski definition) is 1. The first-order valence-corrected chi connectivity index (χ1v) is 8.51. The molecule has 0 aliphatic rings. The molecule has 0 atom stereocenters. The number of nitro groups is 1. The van der Waals surface area contributed by atoms with Crippen molar-refractivity contribution in [2.45, 2.75) is 11.3 Å². The molecule has 0 aromatic heterocycles. The molecule has 0 bridgehead atoms. The summed E-state index contributed by atoms with van der Waals surface area (Å²) in [5.74, 6) is -3.51. The third kappa shape index (κ3) is 4.11. The summed E-state index contributed by atoms with van der Waals surface area (Å²) in [4.78, 5) is 20.3. The van der Waals surface area contributed by atoms with Gasteiger partial charge in [0.05, 0.1) is 21.9 Å². The lowest BCUT2D eigenvalue weighted by atomic mass is 10.3. The van der Waals surface area contributed by atoms with E-state index in [-0.39, 0.29) is 0 Å². The third-order valence-electron chi connectivity index (χ3n) is 3.32. The van der Waals surface area contributed by atoms with E-state index in [1.54, 1.807) is 0 Å². The maximum absolute atomic E-state index is 14.1. The van der Waals surface area contributed by atoms with Crippen LogP contribution in [0.3, 0.4) is 0 Å². The number of nitro benzene ring substituents is 1. The maximum atomic E-state index is 14.1. The Labute approximate surface area is 146 Å². The molecule has 0 amide bonds. The molecule has 1 N–H and O–H groups in total. The second-order valence-electron chi connectivity index (χ2n) is 5.07. The number of carbonyl (C=O) groups is 1. The molecular weight excluding hydrogens is 374 g/mol. The zero-order valence-corrected chi connectivity index (χ0v) is 13.8. The largest absolute Gasteiger partial charge is 0.481 e. The SMILES string of the molecule is O=C(O)CCN(c1ccc(F)cc1F)S(=O)(=O)c1cccc([N+](=O)[O-])c1. The van der Waals surface area contributed by atoms with E-state index in [1.165, 1.54) is 0 Å². The van der Waals surface area contributed by atoms with Crippen molar-refractivity contribution in [2.24, 2.45) is 0 Å². The van der Waals surface area contributed by atoms with Gasteiger partial charge in [-0.1, -0.05) is 6.07 Å². The van der Waals surface area contributed by atoms with Crippen LogP contribution in [0.2, 0.25) is 0 Å². The number of anilines is 1. The van der Waals surface area contributed by atoms with Gasteiger partial charge < -0.3 is 5.11 Å². The van der Waals surface area contributed by atoms with Gasteiger partial charge in [-0.05, 0) is 18.2 Å². The molecule has 0 saturated carbocycles. The summed E-state index contributed by atoms with van der Waals surface area (Å²) >= 11 is 0. The summed E-state index contributed by atoms with van der Waals surface area (Å²) in [6.45, 7) is -0.650. The zero-order chi connectivity index (χ0) is 19.5. The highest BCUT2D eigenvalue weighted by Gasteiger charge is 2.29. The van der Waals surface area contributed by atoms with E-state index < -0.39 is 61.8 Å². The second-order valence-corrected chi connectivity index (χ2v) is 6.93. The van der Waals surface area contributed by atoms with Gasteiger partial charge in [-0.15, -0.1) is 0 Å². The van der Waals surface area contributed by atoms with Crippen LogP contribution in [-0.2, 0) is 14.8 Å². The molecule has 0 heterocycles. The minimum Gasteiger partial charge on any atom is -0.481 e. The highest BCUT2D eigenvalue weighted by atomic mass is 32.2. The number of sulfonamides is 1. The number of benzene rings is 2. The van der Waals surface area contributed by atoms with Gasteiger partial charge in [0, 0.05) is 24.7 Å². The van der Waals surface area contributed by atoms with Gasteiger partial charge >= 0.3 is 5.97 Å². The van der Waals surface area contributed by atoms with Crippen LogP contribution >= 0.6 is 0 Å². The van der Waals surface area contributed by atoms with Crippen molar-refractivity contribution in [1.82, 2.24) is 0 Å². The van der Waals surface area contributed by atoms with Crippen LogP contribution in [0.4, 0.5) is 20.2 Å². The molecule has 26 heavy (non-hydrogen) atoms. The molecule has 138 valence electrons. The fraction of sp³-hybridized carbons (Fsp3) is 0.133. The van der Waals surface area contributed by atoms with Crippen molar-refractivity contribution >= 4 is 27.4 Å². The number of rotatable bonds is 7. The van der Waals surface area contributed by atoms with Crippen molar-refractivity contribution in [3.8, 4) is 0 Å². The predicted molar refractivity (Wildman–Crippen MR) is 86.2 cm³/mol. The Balaban J connectivity index is 2.57. The van der Waals surface area contributed by atoms with E-state index in [2.05, 4.69) is 0 Å². The van der Waals surface area contributed by atoms with Crippen molar-refractivity contribution < 1.29 is 32.0 Å². The van der Waals surface area contributed by atoms with Crippen LogP contribution in [0.5, 0.6) is 0 Å². The van der Waals surface area contributed by atoms with Gasteiger partial charge in [0.1, 0.15) is 11.6 Å². The standard InChI is InChI=1S/C15H12F2N2O6S/c16-10-4-5-14(13(17)8-10)18(7-6-15(20)21)26(24,25)12-3-1-2-11(9-12)19(22)23/h1-5,8-9H,6-7H2,(H,20,21). The molecule has 2 aromatic rings. The third-order valence-corrected chi connectivity index (χ3v) is 5.13. The monoisotopic (exact) mass is 386 g/mol. The highest BCUT2D eigenvalue weighted by molar-refractivity contribution is 7.92. The van der Waals surface area contributed by atoms with E-state index >= 15 is 0 Å². The number of halogens is 2. The fourth-order valence-electron chi connectivity index (χ4n) is 2.14. The normalized spacial score (nSPS) is 11.2. The van der Waals surface area contributed by atoms with E-state index in [0.29, 0.717) is 10.4 Å². The summed E-state index contributed by atoms with van der Waals surface area (Å²) in [5, 5.41) is 19.7. The average Bonchev–Trinajstić information content (AvgIpc) is 2.56. The van der Waals surface area contributed by atoms with Gasteiger partial charge in [-0.3, -0.25) is 19.2 Å². The molecule has 0 spiro atoms. The molecule has 0 aliphatic carbocycles. The molecule has 11 heteroatoms. The van der Waals surface area contributed by atoms with Crippen LogP contribution < -0.4 is 4.31 Å². The summed E-state index contributed by atoms with van der Waals surface area (Å²) < 4.78 is 53.2. The minimum absolute atomic E-state index is 0.439. The van der Waals surface area contributed by atoms with E-state index in [4.69, 9.17) is 5.11 Å². The first-order valence-electron chi connectivity index (χ1n) is 7.07. The quantitative estimate of drug-likeness (QED) is 0.577. The van der Waals surface area contributed by atoms with Crippen molar-refractivity contribution in [2.75, 3.05) is 10.8 Å². The van der Waals surface area contributed by atoms with Gasteiger partial charge in [0.25, 0.3) is 15.7 Å². The summed E-state index contributed by atoms with van der Waals surface area (Å²) in [7, 11) is -4.54. The average molecular weight is 386 g/mol. The number of aliphatic carboxylic acids is 1. The fourth-order valence-corrected chi connectivity index (χ4v) is 3.65. The summed E-state index contributed by atoms with van der Waals surface area (Å²) in [5.41, 5.74) is -1.08. The maximum Gasteiger partial charge on any atom is 0.305 e. The molecular formula is C15H12F2N2O6S. The van der Waals surface area contributed by atoms with Gasteiger partial charge in [0.15, 0.2) is 0 Å². The molecule has 2 aromatic carbocycles. The van der Waals surface area contributed by atoms with Crippen molar-refractivity contribution in [1.29, 1.82) is 0 Å². The van der Waals surface area contributed by atoms with Crippen molar-refractivity contribution in [3.05, 3.63) is 64.2 Å². The predicted octanol–water partition coefficient (Wildman–Crippen LogP) is 2.54. The Morgan fingerprint density at radius 1 is 1.19 bits per heavy atom. The summed E-state index contributed by atoms with van der Waals surface area (Å²) in [6.07, 6.45) is -0.662. The zero-order valence-electron chi connectivity index (χ0n) is 13.0. The summed E-state index contributed by atoms with van der Waals surface area (Å²) in [6, 6.07) is 6.13. The second kappa shape index (κ2) is 7.44. The Bertz CT molecular complexity index is 964. The van der Waals surface area contributed by atoms with Crippen molar-refractivity contribution in [3.63, 3.8) is 0 Å². The van der Waals surface area contributed by atoms with E-state index in [1.807, 2.05) is 0 Å². The van der Waals surface area contributed by atoms with Crippen LogP contribution in [0.25, 0.3) is 0 Å². The first-order chi connectivity index (χ1) is 12.1. The lowest BCUT2D eigenvalue weighted by molar-refractivity contribution is -0.385. The Morgan fingerprint density at radius 2 is 1.88 bits per heavy atom. The smallest absolute Gasteiger partial charge is 0.305 e. The number of carboxylic acid groups (broad SMARTS) is 1. The Kier molecular flexibility index (Phi) is 5.50. The lowest BCUT2D eigenvalue weighted by Gasteiger charge is -2.24. The molecule has 0 fully saturated rings. The number of carboxylic acids is 1. The van der Waals surface area contributed by atoms with Gasteiger partial charge in [0.2, 0.25) is 0 Å². The number of nitrogens with zero attached hydrogens (tertiary/aromatic N) is 2. The molecule has 0 radical (unpaired) electrons. The van der Waals surface area contributed by atoms with Gasteiger partial charge in [-0.25, -0.2) is 17.2 Å².